The lowest BCUT2D eigenvalue weighted by atomic mass is 10.1. The van der Waals surface area contributed by atoms with Crippen LogP contribution >= 0.6 is 11.6 Å². The molecule has 130 valence electrons. The highest BCUT2D eigenvalue weighted by atomic mass is 35.5. The van der Waals surface area contributed by atoms with Gasteiger partial charge in [0.25, 0.3) is 11.6 Å². The average molecular weight is 367 g/mol. The molecule has 3 heterocycles. The summed E-state index contributed by atoms with van der Waals surface area (Å²) in [7, 11) is 0. The minimum atomic E-state index is -0.303. The van der Waals surface area contributed by atoms with E-state index < -0.39 is 0 Å². The maximum atomic E-state index is 12.4. The van der Waals surface area contributed by atoms with Crippen LogP contribution in [0.3, 0.4) is 0 Å². The van der Waals surface area contributed by atoms with Crippen molar-refractivity contribution in [1.29, 1.82) is 0 Å². The van der Waals surface area contributed by atoms with Gasteiger partial charge in [0.05, 0.1) is 6.04 Å². The zero-order chi connectivity index (χ0) is 18.1. The van der Waals surface area contributed by atoms with Gasteiger partial charge < -0.3 is 14.7 Å². The lowest BCUT2D eigenvalue weighted by molar-refractivity contribution is 0.563. The van der Waals surface area contributed by atoms with E-state index >= 15 is 0 Å². The van der Waals surface area contributed by atoms with Crippen LogP contribution in [0.5, 0.6) is 0 Å². The van der Waals surface area contributed by atoms with E-state index in [2.05, 4.69) is 20.3 Å². The highest BCUT2D eigenvalue weighted by Gasteiger charge is 2.14. The molecule has 0 unspecified atom stereocenters. The molecule has 0 bridgehead atoms. The molecule has 6 nitrogen and oxygen atoms in total. The number of aromatic nitrogens is 3. The molecule has 1 aromatic carbocycles. The van der Waals surface area contributed by atoms with Gasteiger partial charge in [0.1, 0.15) is 12.0 Å². The van der Waals surface area contributed by atoms with Crippen molar-refractivity contribution in [3.05, 3.63) is 76.0 Å². The molecule has 0 aliphatic carbocycles. The highest BCUT2D eigenvalue weighted by molar-refractivity contribution is 6.31. The van der Waals surface area contributed by atoms with Gasteiger partial charge in [-0.25, -0.2) is 0 Å². The van der Waals surface area contributed by atoms with Crippen LogP contribution in [0, 0.1) is 0 Å². The molecule has 0 saturated heterocycles. The Morgan fingerprint density at radius 3 is 2.96 bits per heavy atom. The van der Waals surface area contributed by atoms with E-state index in [-0.39, 0.29) is 11.6 Å². The van der Waals surface area contributed by atoms with Crippen molar-refractivity contribution in [3.8, 4) is 11.3 Å². The summed E-state index contributed by atoms with van der Waals surface area (Å²) >= 11 is 6.04. The van der Waals surface area contributed by atoms with Crippen molar-refractivity contribution in [2.24, 2.45) is 0 Å². The van der Waals surface area contributed by atoms with Gasteiger partial charge in [-0.05, 0) is 43.3 Å². The van der Waals surface area contributed by atoms with Gasteiger partial charge in [-0.1, -0.05) is 11.6 Å². The Morgan fingerprint density at radius 1 is 1.27 bits per heavy atom. The van der Waals surface area contributed by atoms with E-state index in [1.165, 1.54) is 0 Å². The fraction of sp³-hybridized carbons (Fsp3) is 0.105. The molecule has 0 amide bonds. The van der Waals surface area contributed by atoms with Gasteiger partial charge in [0, 0.05) is 39.4 Å². The van der Waals surface area contributed by atoms with Crippen molar-refractivity contribution in [1.82, 2.24) is 15.0 Å². The van der Waals surface area contributed by atoms with Gasteiger partial charge >= 0.3 is 0 Å². The predicted octanol–water partition coefficient (Wildman–Crippen LogP) is 4.40. The molecule has 0 aliphatic heterocycles. The van der Waals surface area contributed by atoms with Gasteiger partial charge in [0.2, 0.25) is 0 Å². The zero-order valence-corrected chi connectivity index (χ0v) is 14.6. The van der Waals surface area contributed by atoms with Crippen LogP contribution in [0.25, 0.3) is 22.2 Å². The molecule has 7 heteroatoms. The third kappa shape index (κ3) is 3.19. The lowest BCUT2D eigenvalue weighted by Gasteiger charge is -2.12. The monoisotopic (exact) mass is 366 g/mol. The number of H-pyrrole nitrogens is 1. The first kappa shape index (κ1) is 16.4. The molecular weight excluding hydrogens is 352 g/mol. The second-order valence-electron chi connectivity index (χ2n) is 5.93. The van der Waals surface area contributed by atoms with Crippen LogP contribution in [-0.2, 0) is 0 Å². The van der Waals surface area contributed by atoms with E-state index in [4.69, 9.17) is 16.0 Å². The number of anilines is 1. The number of fused-ring (bicyclic) bond motifs is 1. The SMILES string of the molecule is C[C@@H](Nc1nc(-c2cccnc2)co1)c1cc2cc(Cl)ccc2[nH]c1=O. The Bertz CT molecular complexity index is 1120. The van der Waals surface area contributed by atoms with Crippen molar-refractivity contribution in [2.45, 2.75) is 13.0 Å². The van der Waals surface area contributed by atoms with Crippen LogP contribution < -0.4 is 10.9 Å². The fourth-order valence-corrected chi connectivity index (χ4v) is 2.95. The maximum Gasteiger partial charge on any atom is 0.295 e. The van der Waals surface area contributed by atoms with E-state index in [1.807, 2.05) is 31.2 Å². The minimum Gasteiger partial charge on any atom is -0.432 e. The molecule has 0 spiro atoms. The maximum absolute atomic E-state index is 12.4. The number of nitrogens with zero attached hydrogens (tertiary/aromatic N) is 2. The molecular formula is C19H15ClN4O2. The Balaban J connectivity index is 1.61. The number of pyridine rings is 2. The number of nitrogens with one attached hydrogen (secondary N) is 2. The summed E-state index contributed by atoms with van der Waals surface area (Å²) < 4.78 is 5.47. The molecule has 4 aromatic rings. The van der Waals surface area contributed by atoms with Crippen molar-refractivity contribution in [2.75, 3.05) is 5.32 Å². The van der Waals surface area contributed by atoms with E-state index in [0.29, 0.717) is 22.3 Å². The zero-order valence-electron chi connectivity index (χ0n) is 13.9. The summed E-state index contributed by atoms with van der Waals surface area (Å²) in [5.41, 5.74) is 2.67. The molecule has 0 saturated carbocycles. The van der Waals surface area contributed by atoms with Crippen LogP contribution in [0.15, 0.2) is 64.3 Å². The third-order valence-corrected chi connectivity index (χ3v) is 4.34. The molecule has 3 aromatic heterocycles. The summed E-state index contributed by atoms with van der Waals surface area (Å²) in [4.78, 5) is 23.7. The summed E-state index contributed by atoms with van der Waals surface area (Å²) in [6, 6.07) is 10.9. The molecule has 0 radical (unpaired) electrons. The van der Waals surface area contributed by atoms with Crippen LogP contribution in [0.1, 0.15) is 18.5 Å². The Labute approximate surface area is 153 Å². The minimum absolute atomic E-state index is 0.168. The molecule has 2 N–H and O–H groups in total. The van der Waals surface area contributed by atoms with Gasteiger partial charge in [-0.15, -0.1) is 0 Å². The predicted molar refractivity (Wildman–Crippen MR) is 101 cm³/mol. The number of oxazole rings is 1. The number of hydrogen-bond donors (Lipinski definition) is 2. The molecule has 26 heavy (non-hydrogen) atoms. The third-order valence-electron chi connectivity index (χ3n) is 4.10. The number of halogens is 1. The molecule has 0 aliphatic rings. The largest absolute Gasteiger partial charge is 0.432 e. The summed E-state index contributed by atoms with van der Waals surface area (Å²) in [6.45, 7) is 1.87. The second kappa shape index (κ2) is 6.65. The topological polar surface area (TPSA) is 83.8 Å². The van der Waals surface area contributed by atoms with Crippen LogP contribution in [0.2, 0.25) is 5.02 Å². The lowest BCUT2D eigenvalue weighted by Crippen LogP contribution is -2.19. The second-order valence-corrected chi connectivity index (χ2v) is 6.37. The molecule has 4 rings (SSSR count). The van der Waals surface area contributed by atoms with Crippen molar-refractivity contribution >= 4 is 28.5 Å². The Hall–Kier alpha value is -3.12. The Morgan fingerprint density at radius 2 is 2.15 bits per heavy atom. The quantitative estimate of drug-likeness (QED) is 0.559. The summed E-state index contributed by atoms with van der Waals surface area (Å²) in [5.74, 6) is 0. The van der Waals surface area contributed by atoms with Crippen LogP contribution in [-0.4, -0.2) is 15.0 Å². The normalized spacial score (nSPS) is 12.2. The highest BCUT2D eigenvalue weighted by Crippen LogP contribution is 2.24. The standard InChI is InChI=1S/C19H15ClN4O2/c1-11(15-8-13-7-14(20)4-5-16(13)23-18(15)25)22-19-24-17(10-26-19)12-3-2-6-21-9-12/h2-11H,1H3,(H,22,24)(H,23,25)/t11-/m1/s1. The molecule has 1 atom stereocenters. The van der Waals surface area contributed by atoms with E-state index in [9.17, 15) is 4.79 Å². The van der Waals surface area contributed by atoms with Crippen molar-refractivity contribution in [3.63, 3.8) is 0 Å². The molecule has 0 fully saturated rings. The summed E-state index contributed by atoms with van der Waals surface area (Å²) in [6.07, 6.45) is 4.96. The first-order chi connectivity index (χ1) is 12.6. The number of rotatable bonds is 4. The fourth-order valence-electron chi connectivity index (χ4n) is 2.77. The van der Waals surface area contributed by atoms with Gasteiger partial charge in [-0.2, -0.15) is 4.98 Å². The number of aromatic amines is 1. The van der Waals surface area contributed by atoms with Gasteiger partial charge in [0.15, 0.2) is 0 Å². The van der Waals surface area contributed by atoms with Crippen molar-refractivity contribution < 1.29 is 4.42 Å². The number of hydrogen-bond acceptors (Lipinski definition) is 5. The van der Waals surface area contributed by atoms with E-state index in [0.717, 1.165) is 16.5 Å². The summed E-state index contributed by atoms with van der Waals surface area (Å²) in [5, 5.41) is 4.60. The average Bonchev–Trinajstić information content (AvgIpc) is 3.10. The van der Waals surface area contributed by atoms with E-state index in [1.54, 1.807) is 30.8 Å². The first-order valence-electron chi connectivity index (χ1n) is 8.05. The first-order valence-corrected chi connectivity index (χ1v) is 8.43. The smallest absolute Gasteiger partial charge is 0.295 e. The van der Waals surface area contributed by atoms with Gasteiger partial charge in [-0.3, -0.25) is 9.78 Å². The Kier molecular flexibility index (Phi) is 4.18. The van der Waals surface area contributed by atoms with Crippen LogP contribution in [0.4, 0.5) is 6.01 Å². The number of benzene rings is 1.